The van der Waals surface area contributed by atoms with Gasteiger partial charge in [-0.3, -0.25) is 0 Å². The zero-order chi connectivity index (χ0) is 33.7. The average Bonchev–Trinajstić information content (AvgIpc) is 3.03. The lowest BCUT2D eigenvalue weighted by Crippen LogP contribution is -2.27. The van der Waals surface area contributed by atoms with Gasteiger partial charge in [0.25, 0.3) is 0 Å². The van der Waals surface area contributed by atoms with Crippen LogP contribution >= 0.6 is 0 Å². The zero-order valence-corrected chi connectivity index (χ0v) is 25.2. The average molecular weight is 663 g/mol. The van der Waals surface area contributed by atoms with E-state index in [1.165, 1.54) is 24.6 Å². The van der Waals surface area contributed by atoms with Crippen molar-refractivity contribution >= 4 is 12.2 Å². The van der Waals surface area contributed by atoms with Crippen molar-refractivity contribution in [3.63, 3.8) is 0 Å². The fourth-order valence-electron chi connectivity index (χ4n) is 5.20. The Balaban J connectivity index is 1.24. The summed E-state index contributed by atoms with van der Waals surface area (Å²) in [5.41, 5.74) is 0.129. The van der Waals surface area contributed by atoms with Gasteiger partial charge < -0.3 is 14.2 Å². The molecule has 3 nitrogen and oxygen atoms in total. The Bertz CT molecular complexity index is 1690. The van der Waals surface area contributed by atoms with Crippen LogP contribution < -0.4 is 4.74 Å². The Hall–Kier alpha value is -4.22. The number of benzene rings is 4. The minimum Gasteiger partial charge on any atom is -0.429 e. The monoisotopic (exact) mass is 662 g/mol. The number of hydrogen-bond donors (Lipinski definition) is 0. The van der Waals surface area contributed by atoms with Crippen molar-refractivity contribution in [2.75, 3.05) is 13.2 Å². The molecule has 1 heterocycles. The summed E-state index contributed by atoms with van der Waals surface area (Å²) < 4.78 is 129. The highest BCUT2D eigenvalue weighted by atomic mass is 19.3. The zero-order valence-electron chi connectivity index (χ0n) is 25.2. The molecule has 47 heavy (non-hydrogen) atoms. The molecule has 4 aromatic carbocycles. The molecule has 1 fully saturated rings. The van der Waals surface area contributed by atoms with Crippen molar-refractivity contribution < 1.29 is 49.3 Å². The summed E-state index contributed by atoms with van der Waals surface area (Å²) in [6.07, 6.45) is 1.70. The molecular formula is C36H30F8O3. The van der Waals surface area contributed by atoms with E-state index in [1.54, 1.807) is 6.07 Å². The molecule has 0 radical (unpaired) electrons. The van der Waals surface area contributed by atoms with Crippen LogP contribution in [-0.2, 0) is 15.6 Å². The first-order valence-corrected chi connectivity index (χ1v) is 15.0. The van der Waals surface area contributed by atoms with Crippen molar-refractivity contribution in [1.82, 2.24) is 0 Å². The predicted octanol–water partition coefficient (Wildman–Crippen LogP) is 10.7. The SMILES string of the molecule is CCCCCC1COC(c2ccc(-c3ccc(C=Cc4cc(F)c(C(F)(F)Oc5cc(F)c(F)c(F)c5)c(F)c4)c(F)c3)cc2)OC1. The van der Waals surface area contributed by atoms with Crippen LogP contribution in [0.4, 0.5) is 35.1 Å². The fourth-order valence-corrected chi connectivity index (χ4v) is 5.20. The summed E-state index contributed by atoms with van der Waals surface area (Å²) in [6, 6.07) is 13.0. The lowest BCUT2D eigenvalue weighted by Gasteiger charge is -2.29. The summed E-state index contributed by atoms with van der Waals surface area (Å²) in [6.45, 7) is 3.42. The maximum Gasteiger partial charge on any atom is 0.432 e. The van der Waals surface area contributed by atoms with Gasteiger partial charge in [0, 0.05) is 29.2 Å². The number of ether oxygens (including phenoxy) is 3. The second-order valence-corrected chi connectivity index (χ2v) is 11.2. The third-order valence-corrected chi connectivity index (χ3v) is 7.71. The van der Waals surface area contributed by atoms with Crippen LogP contribution in [0.3, 0.4) is 0 Å². The first-order chi connectivity index (χ1) is 22.4. The largest absolute Gasteiger partial charge is 0.432 e. The molecule has 0 saturated carbocycles. The molecule has 0 amide bonds. The number of rotatable bonds is 11. The molecule has 1 saturated heterocycles. The lowest BCUT2D eigenvalue weighted by atomic mass is 10.0. The van der Waals surface area contributed by atoms with E-state index in [4.69, 9.17) is 9.47 Å². The fraction of sp³-hybridized carbons (Fsp3) is 0.278. The minimum absolute atomic E-state index is 0.0572. The van der Waals surface area contributed by atoms with E-state index < -0.39 is 58.6 Å². The molecule has 0 bridgehead atoms. The quantitative estimate of drug-likeness (QED) is 0.0693. The molecule has 5 rings (SSSR count). The van der Waals surface area contributed by atoms with E-state index in [-0.39, 0.29) is 23.3 Å². The lowest BCUT2D eigenvalue weighted by molar-refractivity contribution is -0.206. The molecule has 1 aliphatic rings. The van der Waals surface area contributed by atoms with Crippen molar-refractivity contribution in [3.05, 3.63) is 124 Å². The normalized spacial score (nSPS) is 17.0. The third-order valence-electron chi connectivity index (χ3n) is 7.71. The highest BCUT2D eigenvalue weighted by Crippen LogP contribution is 2.37. The summed E-state index contributed by atoms with van der Waals surface area (Å²) in [7, 11) is 0. The van der Waals surface area contributed by atoms with Crippen molar-refractivity contribution in [3.8, 4) is 16.9 Å². The molecule has 0 atom stereocenters. The molecule has 4 aromatic rings. The first kappa shape index (κ1) is 34.1. The van der Waals surface area contributed by atoms with Gasteiger partial charge in [-0.1, -0.05) is 74.7 Å². The van der Waals surface area contributed by atoms with Gasteiger partial charge in [0.1, 0.15) is 28.8 Å². The number of unbranched alkanes of at least 4 members (excludes halogenated alkanes) is 2. The van der Waals surface area contributed by atoms with Crippen LogP contribution in [0.5, 0.6) is 5.75 Å². The van der Waals surface area contributed by atoms with E-state index in [1.807, 2.05) is 24.3 Å². The van der Waals surface area contributed by atoms with Crippen molar-refractivity contribution in [2.24, 2.45) is 5.92 Å². The smallest absolute Gasteiger partial charge is 0.429 e. The van der Waals surface area contributed by atoms with Crippen molar-refractivity contribution in [2.45, 2.75) is 45.0 Å². The van der Waals surface area contributed by atoms with Gasteiger partial charge in [-0.25, -0.2) is 26.3 Å². The minimum atomic E-state index is -4.72. The van der Waals surface area contributed by atoms with E-state index in [0.29, 0.717) is 36.8 Å². The van der Waals surface area contributed by atoms with Gasteiger partial charge in [-0.05, 0) is 41.3 Å². The Kier molecular flexibility index (Phi) is 10.7. The summed E-state index contributed by atoms with van der Waals surface area (Å²) in [5, 5.41) is 0. The highest BCUT2D eigenvalue weighted by molar-refractivity contribution is 5.73. The van der Waals surface area contributed by atoms with E-state index in [2.05, 4.69) is 11.7 Å². The van der Waals surface area contributed by atoms with Gasteiger partial charge in [-0.2, -0.15) is 8.78 Å². The Labute approximate surface area is 266 Å². The van der Waals surface area contributed by atoms with E-state index in [9.17, 15) is 35.1 Å². The van der Waals surface area contributed by atoms with Gasteiger partial charge in [-0.15, -0.1) is 0 Å². The Morgan fingerprint density at radius 2 is 1.34 bits per heavy atom. The first-order valence-electron chi connectivity index (χ1n) is 15.0. The molecule has 1 aliphatic heterocycles. The Morgan fingerprint density at radius 1 is 0.723 bits per heavy atom. The third kappa shape index (κ3) is 8.20. The van der Waals surface area contributed by atoms with Crippen LogP contribution in [0, 0.1) is 40.8 Å². The van der Waals surface area contributed by atoms with Gasteiger partial charge in [0.05, 0.1) is 13.2 Å². The second kappa shape index (κ2) is 14.7. The highest BCUT2D eigenvalue weighted by Gasteiger charge is 2.41. The molecule has 0 aliphatic carbocycles. The predicted molar refractivity (Wildman–Crippen MR) is 160 cm³/mol. The van der Waals surface area contributed by atoms with Crippen LogP contribution in [0.15, 0.2) is 66.7 Å². The molecule has 0 aromatic heterocycles. The number of hydrogen-bond acceptors (Lipinski definition) is 3. The standard InChI is InChI=1S/C36H30F8O3/c1-2-3-4-5-22-19-45-35(46-20-22)25-11-8-23(9-12-25)26-13-10-24(28(37)16-26)7-6-21-14-29(38)33(30(39)15-21)36(43,44)47-27-17-31(40)34(42)32(41)18-27/h6-18,22,35H,2-5,19-20H2,1H3. The maximum atomic E-state index is 15.0. The van der Waals surface area contributed by atoms with Crippen LogP contribution in [0.1, 0.15) is 61.2 Å². The van der Waals surface area contributed by atoms with Gasteiger partial charge in [0.15, 0.2) is 23.7 Å². The number of halogens is 8. The maximum absolute atomic E-state index is 15.0. The Morgan fingerprint density at radius 3 is 1.94 bits per heavy atom. The molecule has 0 unspecified atom stereocenters. The topological polar surface area (TPSA) is 27.7 Å². The molecular weight excluding hydrogens is 632 g/mol. The molecule has 11 heteroatoms. The molecule has 0 N–H and O–H groups in total. The van der Waals surface area contributed by atoms with Gasteiger partial charge >= 0.3 is 6.11 Å². The van der Waals surface area contributed by atoms with Crippen LogP contribution in [-0.4, -0.2) is 13.2 Å². The van der Waals surface area contributed by atoms with E-state index in [0.717, 1.165) is 36.5 Å². The van der Waals surface area contributed by atoms with E-state index >= 15 is 0 Å². The van der Waals surface area contributed by atoms with Crippen molar-refractivity contribution in [1.29, 1.82) is 0 Å². The molecule has 248 valence electrons. The summed E-state index contributed by atoms with van der Waals surface area (Å²) in [4.78, 5) is 0. The summed E-state index contributed by atoms with van der Waals surface area (Å²) >= 11 is 0. The summed E-state index contributed by atoms with van der Waals surface area (Å²) in [5.74, 6) is -10.5. The van der Waals surface area contributed by atoms with Gasteiger partial charge in [0.2, 0.25) is 0 Å². The molecule has 0 spiro atoms. The van der Waals surface area contributed by atoms with Crippen LogP contribution in [0.25, 0.3) is 23.3 Å². The van der Waals surface area contributed by atoms with Crippen LogP contribution in [0.2, 0.25) is 0 Å². The number of alkyl halides is 2. The second-order valence-electron chi connectivity index (χ2n) is 11.2.